The monoisotopic (exact) mass is 594 g/mol. The van der Waals surface area contributed by atoms with Gasteiger partial charge in [-0.3, -0.25) is 19.8 Å². The topological polar surface area (TPSA) is 72.7 Å². The molecule has 6 nitrogen and oxygen atoms in total. The molecule has 3 aromatic rings. The predicted molar refractivity (Wildman–Crippen MR) is 139 cm³/mol. The van der Waals surface area contributed by atoms with Gasteiger partial charge in [-0.15, -0.1) is 0 Å². The maximum absolute atomic E-state index is 13.2. The number of rotatable bonds is 5. The fourth-order valence-electron chi connectivity index (χ4n) is 3.40. The van der Waals surface area contributed by atoms with Crippen LogP contribution in [0.1, 0.15) is 16.7 Å². The van der Waals surface area contributed by atoms with E-state index in [4.69, 9.17) is 17.0 Å². The molecule has 1 aliphatic heterocycles. The molecule has 0 atom stereocenters. The second-order valence-corrected chi connectivity index (χ2v) is 10.1. The third-order valence-electron chi connectivity index (χ3n) is 5.11. The van der Waals surface area contributed by atoms with Gasteiger partial charge < -0.3 is 4.74 Å². The van der Waals surface area contributed by atoms with E-state index in [1.807, 2.05) is 19.1 Å². The molecule has 1 saturated heterocycles. The van der Waals surface area contributed by atoms with Crippen LogP contribution in [-0.4, -0.2) is 15.2 Å². The first-order valence-corrected chi connectivity index (χ1v) is 12.1. The first-order chi connectivity index (χ1) is 17.0. The highest BCUT2D eigenvalue weighted by atomic mass is 79.9. The van der Waals surface area contributed by atoms with Gasteiger partial charge in [-0.05, 0) is 55.0 Å². The Kier molecular flexibility index (Phi) is 7.21. The lowest BCUT2D eigenvalue weighted by Crippen LogP contribution is -2.28. The van der Waals surface area contributed by atoms with Crippen LogP contribution in [0.2, 0.25) is 0 Å². The van der Waals surface area contributed by atoms with Gasteiger partial charge in [0.25, 0.3) is 5.91 Å². The van der Waals surface area contributed by atoms with Crippen LogP contribution in [0.4, 0.5) is 24.5 Å². The van der Waals surface area contributed by atoms with Gasteiger partial charge in [0.1, 0.15) is 5.75 Å². The molecule has 3 aromatic carbocycles. The van der Waals surface area contributed by atoms with Gasteiger partial charge in [0.05, 0.1) is 21.1 Å². The lowest BCUT2D eigenvalue weighted by molar-refractivity contribution is -0.385. The summed E-state index contributed by atoms with van der Waals surface area (Å²) >= 11 is 9.84. The molecule has 1 aliphatic rings. The number of hydrogen-bond acceptors (Lipinski definition) is 6. The molecule has 0 spiro atoms. The number of para-hydroxylation sites is 1. The summed E-state index contributed by atoms with van der Waals surface area (Å²) in [6, 6.07) is 14.0. The number of nitrogens with zero attached hydrogens (tertiary/aromatic N) is 2. The fraction of sp³-hybridized carbons (Fsp3) is 0.0833. The van der Waals surface area contributed by atoms with Gasteiger partial charge in [0, 0.05) is 16.1 Å². The summed E-state index contributed by atoms with van der Waals surface area (Å²) in [6.45, 7) is 1.86. The van der Waals surface area contributed by atoms with E-state index in [9.17, 15) is 28.1 Å². The van der Waals surface area contributed by atoms with Crippen LogP contribution in [0.15, 0.2) is 70.0 Å². The molecule has 1 heterocycles. The Morgan fingerprint density at radius 3 is 2.47 bits per heavy atom. The number of carbonyl (C=O) groups excluding carboxylic acids is 1. The van der Waals surface area contributed by atoms with Gasteiger partial charge in [0.15, 0.2) is 4.32 Å². The molecular formula is C24H14BrF3N2O4S2. The van der Waals surface area contributed by atoms with Crippen LogP contribution in [0.5, 0.6) is 11.5 Å². The number of nitro benzene ring substituents is 1. The number of thiocarbonyl (C=S) groups is 1. The molecule has 0 unspecified atom stereocenters. The van der Waals surface area contributed by atoms with E-state index in [1.54, 1.807) is 24.3 Å². The SMILES string of the molecule is Cc1ccccc1N1C(=O)/C(=C\c2cc(Br)ccc2Oc2ccc(C(F)(F)F)cc2[N+](=O)[O-])SC1=S. The van der Waals surface area contributed by atoms with Crippen LogP contribution in [0.25, 0.3) is 6.08 Å². The van der Waals surface area contributed by atoms with Gasteiger partial charge in [-0.1, -0.05) is 58.1 Å². The van der Waals surface area contributed by atoms with Crippen molar-refractivity contribution < 1.29 is 27.6 Å². The van der Waals surface area contributed by atoms with E-state index in [0.717, 1.165) is 23.4 Å². The van der Waals surface area contributed by atoms with Crippen LogP contribution < -0.4 is 9.64 Å². The molecule has 0 radical (unpaired) electrons. The molecule has 1 amide bonds. The number of carbonyl (C=O) groups is 1. The number of nitro groups is 1. The van der Waals surface area contributed by atoms with Crippen molar-refractivity contribution in [2.24, 2.45) is 0 Å². The maximum Gasteiger partial charge on any atom is 0.416 e. The number of benzene rings is 3. The highest BCUT2D eigenvalue weighted by Gasteiger charge is 2.35. The molecule has 0 saturated carbocycles. The van der Waals surface area contributed by atoms with Crippen molar-refractivity contribution in [2.75, 3.05) is 4.90 Å². The minimum absolute atomic E-state index is 0.0993. The van der Waals surface area contributed by atoms with Crippen molar-refractivity contribution in [1.82, 2.24) is 0 Å². The number of halogens is 4. The van der Waals surface area contributed by atoms with E-state index in [1.165, 1.54) is 17.0 Å². The fourth-order valence-corrected chi connectivity index (χ4v) is 5.05. The Morgan fingerprint density at radius 1 is 1.11 bits per heavy atom. The molecule has 184 valence electrons. The van der Waals surface area contributed by atoms with Crippen molar-refractivity contribution in [3.8, 4) is 11.5 Å². The summed E-state index contributed by atoms with van der Waals surface area (Å²) in [5, 5.41) is 11.5. The quantitative estimate of drug-likeness (QED) is 0.129. The molecule has 0 bridgehead atoms. The zero-order chi connectivity index (χ0) is 26.2. The minimum atomic E-state index is -4.75. The predicted octanol–water partition coefficient (Wildman–Crippen LogP) is 7.88. The summed E-state index contributed by atoms with van der Waals surface area (Å²) in [6.07, 6.45) is -3.23. The van der Waals surface area contributed by atoms with Crippen molar-refractivity contribution in [3.05, 3.63) is 96.8 Å². The van der Waals surface area contributed by atoms with Gasteiger partial charge in [-0.2, -0.15) is 13.2 Å². The zero-order valence-corrected chi connectivity index (χ0v) is 21.4. The van der Waals surface area contributed by atoms with Crippen molar-refractivity contribution in [3.63, 3.8) is 0 Å². The number of alkyl halides is 3. The van der Waals surface area contributed by atoms with Crippen molar-refractivity contribution in [2.45, 2.75) is 13.1 Å². The van der Waals surface area contributed by atoms with Crippen LogP contribution in [0, 0.1) is 17.0 Å². The van der Waals surface area contributed by atoms with Gasteiger partial charge >= 0.3 is 11.9 Å². The molecule has 0 aliphatic carbocycles. The Labute approximate surface area is 221 Å². The smallest absolute Gasteiger partial charge is 0.416 e. The molecule has 12 heteroatoms. The first-order valence-electron chi connectivity index (χ1n) is 10.1. The largest absolute Gasteiger partial charge is 0.449 e. The number of ether oxygens (including phenoxy) is 1. The summed E-state index contributed by atoms with van der Waals surface area (Å²) in [7, 11) is 0. The van der Waals surface area contributed by atoms with Gasteiger partial charge in [0.2, 0.25) is 5.75 Å². The van der Waals surface area contributed by atoms with E-state index in [2.05, 4.69) is 15.9 Å². The van der Waals surface area contributed by atoms with Crippen LogP contribution in [0.3, 0.4) is 0 Å². The molecule has 36 heavy (non-hydrogen) atoms. The van der Waals surface area contributed by atoms with E-state index < -0.39 is 22.4 Å². The Morgan fingerprint density at radius 2 is 1.81 bits per heavy atom. The number of anilines is 1. The van der Waals surface area contributed by atoms with Crippen molar-refractivity contribution >= 4 is 67.6 Å². The number of thioether (sulfide) groups is 1. The lowest BCUT2D eigenvalue weighted by Gasteiger charge is -2.16. The summed E-state index contributed by atoms with van der Waals surface area (Å²) in [5.74, 6) is -0.634. The molecule has 1 fully saturated rings. The van der Waals surface area contributed by atoms with Crippen molar-refractivity contribution in [1.29, 1.82) is 0 Å². The van der Waals surface area contributed by atoms with Gasteiger partial charge in [-0.25, -0.2) is 0 Å². The zero-order valence-electron chi connectivity index (χ0n) is 18.2. The number of aryl methyl sites for hydroxylation is 1. The summed E-state index contributed by atoms with van der Waals surface area (Å²) in [5.41, 5.74) is -0.142. The Balaban J connectivity index is 1.72. The highest BCUT2D eigenvalue weighted by molar-refractivity contribution is 9.10. The van der Waals surface area contributed by atoms with E-state index in [0.29, 0.717) is 32.2 Å². The third kappa shape index (κ3) is 5.30. The molecule has 4 rings (SSSR count). The average molecular weight is 595 g/mol. The normalized spacial score (nSPS) is 15.0. The van der Waals surface area contributed by atoms with Crippen LogP contribution in [-0.2, 0) is 11.0 Å². The van der Waals surface area contributed by atoms with E-state index >= 15 is 0 Å². The number of amides is 1. The summed E-state index contributed by atoms with van der Waals surface area (Å²) in [4.78, 5) is 25.4. The highest BCUT2D eigenvalue weighted by Crippen LogP contribution is 2.41. The second kappa shape index (κ2) is 10.0. The average Bonchev–Trinajstić information content (AvgIpc) is 3.08. The molecular weight excluding hydrogens is 581 g/mol. The lowest BCUT2D eigenvalue weighted by atomic mass is 10.1. The number of hydrogen-bond donors (Lipinski definition) is 0. The minimum Gasteiger partial charge on any atom is -0.449 e. The molecule has 0 N–H and O–H groups in total. The summed E-state index contributed by atoms with van der Waals surface area (Å²) < 4.78 is 45.8. The van der Waals surface area contributed by atoms with Crippen LogP contribution >= 0.6 is 39.9 Å². The molecule has 0 aromatic heterocycles. The first kappa shape index (κ1) is 25.9. The third-order valence-corrected chi connectivity index (χ3v) is 6.91. The Bertz CT molecular complexity index is 1440. The standard InChI is InChI=1S/C24H14BrF3N2O4S2/c1-13-4-2-3-5-17(13)29-22(31)21(36-23(29)35)11-14-10-16(25)7-9-19(14)34-20-8-6-15(24(26,27)28)12-18(20)30(32)33/h2-12H,1H3/b21-11+. The van der Waals surface area contributed by atoms with E-state index in [-0.39, 0.29) is 22.3 Å². The second-order valence-electron chi connectivity index (χ2n) is 7.53. The maximum atomic E-state index is 13.2. The Hall–Kier alpha value is -3.22.